The molecule has 1 aromatic carbocycles. The number of carboxylic acid groups (broad SMARTS) is 1. The average Bonchev–Trinajstić information content (AvgIpc) is 2.32. The SMILES string of the molecule is C[C@@H](NC(=O)[C@@H](C)Oc1ccc(Cl)cc1Cl)C(=O)O. The molecule has 1 aromatic rings. The number of rotatable bonds is 5. The number of carboxylic acids is 1. The van der Waals surface area contributed by atoms with Gasteiger partial charge in [-0.25, -0.2) is 0 Å². The van der Waals surface area contributed by atoms with Gasteiger partial charge in [-0.1, -0.05) is 23.2 Å². The predicted molar refractivity (Wildman–Crippen MR) is 71.8 cm³/mol. The van der Waals surface area contributed by atoms with Crippen LogP contribution in [0.3, 0.4) is 0 Å². The first-order valence-corrected chi connectivity index (χ1v) is 6.21. The summed E-state index contributed by atoms with van der Waals surface area (Å²) in [6.45, 7) is 2.86. The van der Waals surface area contributed by atoms with E-state index in [0.29, 0.717) is 10.8 Å². The van der Waals surface area contributed by atoms with Gasteiger partial charge in [-0.15, -0.1) is 0 Å². The minimum absolute atomic E-state index is 0.276. The number of halogens is 2. The molecule has 2 N–H and O–H groups in total. The van der Waals surface area contributed by atoms with Crippen LogP contribution in [0.1, 0.15) is 13.8 Å². The van der Waals surface area contributed by atoms with Gasteiger partial charge in [0, 0.05) is 5.02 Å². The van der Waals surface area contributed by atoms with Crippen molar-refractivity contribution in [1.29, 1.82) is 0 Å². The first kappa shape index (κ1) is 15.6. The summed E-state index contributed by atoms with van der Waals surface area (Å²) < 4.78 is 5.35. The van der Waals surface area contributed by atoms with Crippen molar-refractivity contribution < 1.29 is 19.4 Å². The Morgan fingerprint density at radius 2 is 1.95 bits per heavy atom. The molecule has 104 valence electrons. The molecule has 0 aliphatic carbocycles. The smallest absolute Gasteiger partial charge is 0.325 e. The van der Waals surface area contributed by atoms with Crippen LogP contribution in [0.2, 0.25) is 10.0 Å². The summed E-state index contributed by atoms with van der Waals surface area (Å²) >= 11 is 11.6. The highest BCUT2D eigenvalue weighted by atomic mass is 35.5. The fourth-order valence-electron chi connectivity index (χ4n) is 1.21. The summed E-state index contributed by atoms with van der Waals surface area (Å²) in [6.07, 6.45) is -0.875. The number of benzene rings is 1. The summed E-state index contributed by atoms with van der Waals surface area (Å²) in [4.78, 5) is 22.3. The Hall–Kier alpha value is -1.46. The molecule has 0 aromatic heterocycles. The number of ether oxygens (including phenoxy) is 1. The van der Waals surface area contributed by atoms with Gasteiger partial charge in [-0.05, 0) is 32.0 Å². The molecule has 0 saturated carbocycles. The van der Waals surface area contributed by atoms with Gasteiger partial charge in [-0.3, -0.25) is 9.59 Å². The standard InChI is InChI=1S/C12H13Cl2NO4/c1-6(12(17)18)15-11(16)7(2)19-10-4-3-8(13)5-9(10)14/h3-7H,1-2H3,(H,15,16)(H,17,18)/t6-,7-/m1/s1. The van der Waals surface area contributed by atoms with E-state index in [1.165, 1.54) is 26.0 Å². The van der Waals surface area contributed by atoms with Gasteiger partial charge in [0.15, 0.2) is 6.10 Å². The summed E-state index contributed by atoms with van der Waals surface area (Å²) in [5.74, 6) is -1.36. The molecule has 7 heteroatoms. The number of aliphatic carboxylic acids is 1. The zero-order chi connectivity index (χ0) is 14.6. The highest BCUT2D eigenvalue weighted by Crippen LogP contribution is 2.28. The van der Waals surface area contributed by atoms with Crippen molar-refractivity contribution >= 4 is 35.1 Å². The van der Waals surface area contributed by atoms with E-state index in [1.54, 1.807) is 6.07 Å². The second kappa shape index (κ2) is 6.63. The second-order valence-electron chi connectivity index (χ2n) is 3.90. The van der Waals surface area contributed by atoms with Crippen LogP contribution in [0.5, 0.6) is 5.75 Å². The van der Waals surface area contributed by atoms with E-state index in [1.807, 2.05) is 0 Å². The van der Waals surface area contributed by atoms with E-state index in [2.05, 4.69) is 5.32 Å². The lowest BCUT2D eigenvalue weighted by Gasteiger charge is -2.17. The van der Waals surface area contributed by atoms with Crippen molar-refractivity contribution in [1.82, 2.24) is 5.32 Å². The van der Waals surface area contributed by atoms with Crippen LogP contribution in [0.4, 0.5) is 0 Å². The lowest BCUT2D eigenvalue weighted by Crippen LogP contribution is -2.44. The molecule has 0 fully saturated rings. The maximum Gasteiger partial charge on any atom is 0.325 e. The van der Waals surface area contributed by atoms with Gasteiger partial charge < -0.3 is 15.2 Å². The topological polar surface area (TPSA) is 75.6 Å². The normalized spacial score (nSPS) is 13.5. The third kappa shape index (κ3) is 4.61. The number of carbonyl (C=O) groups excluding carboxylic acids is 1. The van der Waals surface area contributed by atoms with Crippen LogP contribution < -0.4 is 10.1 Å². The molecular formula is C12H13Cl2NO4. The minimum Gasteiger partial charge on any atom is -0.480 e. The fraction of sp³-hybridized carbons (Fsp3) is 0.333. The molecule has 0 unspecified atom stereocenters. The largest absolute Gasteiger partial charge is 0.480 e. The van der Waals surface area contributed by atoms with Crippen molar-refractivity contribution in [3.8, 4) is 5.75 Å². The van der Waals surface area contributed by atoms with Crippen LogP contribution >= 0.6 is 23.2 Å². The van der Waals surface area contributed by atoms with E-state index in [-0.39, 0.29) is 5.02 Å². The van der Waals surface area contributed by atoms with Crippen LogP contribution in [-0.4, -0.2) is 29.1 Å². The van der Waals surface area contributed by atoms with Crippen molar-refractivity contribution in [3.63, 3.8) is 0 Å². The van der Waals surface area contributed by atoms with E-state index in [4.69, 9.17) is 33.0 Å². The third-order valence-electron chi connectivity index (χ3n) is 2.30. The lowest BCUT2D eigenvalue weighted by molar-refractivity contribution is -0.142. The lowest BCUT2D eigenvalue weighted by atomic mass is 10.3. The van der Waals surface area contributed by atoms with Gasteiger partial charge in [0.25, 0.3) is 5.91 Å². The number of hydrogen-bond acceptors (Lipinski definition) is 3. The van der Waals surface area contributed by atoms with Gasteiger partial charge in [-0.2, -0.15) is 0 Å². The monoisotopic (exact) mass is 305 g/mol. The van der Waals surface area contributed by atoms with E-state index in [9.17, 15) is 9.59 Å². The fourth-order valence-corrected chi connectivity index (χ4v) is 1.66. The predicted octanol–water partition coefficient (Wildman–Crippen LogP) is 2.35. The summed E-state index contributed by atoms with van der Waals surface area (Å²) in [5, 5.41) is 11.7. The zero-order valence-corrected chi connectivity index (χ0v) is 11.8. The highest BCUT2D eigenvalue weighted by molar-refractivity contribution is 6.35. The van der Waals surface area contributed by atoms with Gasteiger partial charge in [0.2, 0.25) is 0 Å². The first-order chi connectivity index (χ1) is 8.81. The molecule has 0 aliphatic rings. The van der Waals surface area contributed by atoms with Crippen molar-refractivity contribution in [3.05, 3.63) is 28.2 Å². The Bertz CT molecular complexity index is 493. The maximum absolute atomic E-state index is 11.7. The van der Waals surface area contributed by atoms with Gasteiger partial charge >= 0.3 is 5.97 Å². The summed E-state index contributed by atoms with van der Waals surface area (Å²) in [7, 11) is 0. The summed E-state index contributed by atoms with van der Waals surface area (Å²) in [5.41, 5.74) is 0. The third-order valence-corrected chi connectivity index (χ3v) is 2.83. The number of carbonyl (C=O) groups is 2. The van der Waals surface area contributed by atoms with Gasteiger partial charge in [0.05, 0.1) is 5.02 Å². The van der Waals surface area contributed by atoms with E-state index in [0.717, 1.165) is 0 Å². The Balaban J connectivity index is 2.66. The highest BCUT2D eigenvalue weighted by Gasteiger charge is 2.20. The quantitative estimate of drug-likeness (QED) is 0.875. The maximum atomic E-state index is 11.7. The number of nitrogens with one attached hydrogen (secondary N) is 1. The molecule has 0 radical (unpaired) electrons. The van der Waals surface area contributed by atoms with Crippen LogP contribution in [0, 0.1) is 0 Å². The first-order valence-electron chi connectivity index (χ1n) is 5.46. The van der Waals surface area contributed by atoms with E-state index < -0.39 is 24.0 Å². The minimum atomic E-state index is -1.12. The number of hydrogen-bond donors (Lipinski definition) is 2. The Morgan fingerprint density at radius 3 is 2.47 bits per heavy atom. The van der Waals surface area contributed by atoms with Crippen molar-refractivity contribution in [2.24, 2.45) is 0 Å². The molecule has 0 saturated heterocycles. The van der Waals surface area contributed by atoms with E-state index >= 15 is 0 Å². The van der Waals surface area contributed by atoms with Crippen molar-refractivity contribution in [2.75, 3.05) is 0 Å². The molecule has 1 amide bonds. The average molecular weight is 306 g/mol. The molecule has 1 rings (SSSR count). The Labute approximate surface area is 120 Å². The molecule has 0 heterocycles. The summed E-state index contributed by atoms with van der Waals surface area (Å²) in [6, 6.07) is 3.62. The van der Waals surface area contributed by atoms with Crippen LogP contribution in [0.25, 0.3) is 0 Å². The Morgan fingerprint density at radius 1 is 1.32 bits per heavy atom. The molecule has 0 aliphatic heterocycles. The van der Waals surface area contributed by atoms with Gasteiger partial charge in [0.1, 0.15) is 11.8 Å². The number of amides is 1. The molecule has 0 spiro atoms. The van der Waals surface area contributed by atoms with Crippen molar-refractivity contribution in [2.45, 2.75) is 26.0 Å². The van der Waals surface area contributed by atoms with Crippen LogP contribution in [0.15, 0.2) is 18.2 Å². The molecular weight excluding hydrogens is 293 g/mol. The zero-order valence-electron chi connectivity index (χ0n) is 10.3. The molecule has 19 heavy (non-hydrogen) atoms. The second-order valence-corrected chi connectivity index (χ2v) is 4.75. The Kier molecular flexibility index (Phi) is 5.44. The van der Waals surface area contributed by atoms with Crippen LogP contribution in [-0.2, 0) is 9.59 Å². The molecule has 0 bridgehead atoms. The molecule has 2 atom stereocenters. The molecule has 5 nitrogen and oxygen atoms in total.